The van der Waals surface area contributed by atoms with Crippen LogP contribution in [-0.2, 0) is 19.0 Å². The molecule has 1 aliphatic carbocycles. The SMILES string of the molecule is NC(=O)c1cc(C(F)(F)F)c2c(n1)CCCC2. The lowest BCUT2D eigenvalue weighted by atomic mass is 9.91. The maximum absolute atomic E-state index is 12.8. The molecule has 0 spiro atoms. The minimum absolute atomic E-state index is 0.216. The molecule has 1 aromatic rings. The van der Waals surface area contributed by atoms with Crippen LogP contribution in [-0.4, -0.2) is 10.9 Å². The van der Waals surface area contributed by atoms with Crippen LogP contribution in [0.2, 0.25) is 0 Å². The number of hydrogen-bond acceptors (Lipinski definition) is 2. The first-order valence-electron chi connectivity index (χ1n) is 5.29. The van der Waals surface area contributed by atoms with Gasteiger partial charge in [0.25, 0.3) is 5.91 Å². The second kappa shape index (κ2) is 4.01. The molecule has 0 unspecified atom stereocenters. The molecule has 0 aromatic carbocycles. The number of nitrogens with two attached hydrogens (primary N) is 1. The van der Waals surface area contributed by atoms with Crippen molar-refractivity contribution in [2.24, 2.45) is 5.73 Å². The Morgan fingerprint density at radius 1 is 1.29 bits per heavy atom. The van der Waals surface area contributed by atoms with Crippen LogP contribution in [0.5, 0.6) is 0 Å². The molecule has 6 heteroatoms. The number of carbonyl (C=O) groups is 1. The van der Waals surface area contributed by atoms with Crippen molar-refractivity contribution in [1.82, 2.24) is 4.98 Å². The summed E-state index contributed by atoms with van der Waals surface area (Å²) in [7, 11) is 0. The van der Waals surface area contributed by atoms with Crippen LogP contribution in [0.15, 0.2) is 6.07 Å². The number of amides is 1. The Morgan fingerprint density at radius 3 is 2.53 bits per heavy atom. The zero-order chi connectivity index (χ0) is 12.6. The van der Waals surface area contributed by atoms with Crippen molar-refractivity contribution in [3.63, 3.8) is 0 Å². The van der Waals surface area contributed by atoms with E-state index in [1.54, 1.807) is 0 Å². The van der Waals surface area contributed by atoms with Gasteiger partial charge in [0.05, 0.1) is 5.56 Å². The number of nitrogens with zero attached hydrogens (tertiary/aromatic N) is 1. The van der Waals surface area contributed by atoms with E-state index in [2.05, 4.69) is 4.98 Å². The molecule has 0 saturated heterocycles. The van der Waals surface area contributed by atoms with Gasteiger partial charge in [0.1, 0.15) is 5.69 Å². The van der Waals surface area contributed by atoms with E-state index in [0.29, 0.717) is 25.0 Å². The Bertz CT molecular complexity index is 469. The third-order valence-corrected chi connectivity index (χ3v) is 2.86. The number of halogens is 3. The van der Waals surface area contributed by atoms with Crippen LogP contribution in [0.3, 0.4) is 0 Å². The van der Waals surface area contributed by atoms with Crippen LogP contribution in [0, 0.1) is 0 Å². The molecule has 0 bridgehead atoms. The number of aryl methyl sites for hydroxylation is 1. The quantitative estimate of drug-likeness (QED) is 0.822. The summed E-state index contributed by atoms with van der Waals surface area (Å²) in [5, 5.41) is 0. The normalized spacial score (nSPS) is 15.5. The predicted molar refractivity (Wildman–Crippen MR) is 54.4 cm³/mol. The van der Waals surface area contributed by atoms with E-state index in [9.17, 15) is 18.0 Å². The molecular weight excluding hydrogens is 233 g/mol. The molecule has 1 amide bonds. The number of pyridine rings is 1. The average molecular weight is 244 g/mol. The average Bonchev–Trinajstić information content (AvgIpc) is 2.26. The molecule has 2 rings (SSSR count). The summed E-state index contributed by atoms with van der Waals surface area (Å²) < 4.78 is 38.5. The van der Waals surface area contributed by atoms with Crippen LogP contribution in [0.1, 0.15) is 40.2 Å². The van der Waals surface area contributed by atoms with Crippen molar-refractivity contribution in [1.29, 1.82) is 0 Å². The number of alkyl halides is 3. The summed E-state index contributed by atoms with van der Waals surface area (Å²) in [6.07, 6.45) is -2.13. The summed E-state index contributed by atoms with van der Waals surface area (Å²) in [6, 6.07) is 0.756. The van der Waals surface area contributed by atoms with Crippen LogP contribution in [0.25, 0.3) is 0 Å². The molecule has 2 N–H and O–H groups in total. The fraction of sp³-hybridized carbons (Fsp3) is 0.455. The fourth-order valence-electron chi connectivity index (χ4n) is 2.08. The Morgan fingerprint density at radius 2 is 1.94 bits per heavy atom. The van der Waals surface area contributed by atoms with Gasteiger partial charge in [-0.15, -0.1) is 0 Å². The predicted octanol–water partition coefficient (Wildman–Crippen LogP) is 2.08. The number of hydrogen-bond donors (Lipinski definition) is 1. The van der Waals surface area contributed by atoms with Gasteiger partial charge in [0.15, 0.2) is 0 Å². The molecule has 0 atom stereocenters. The van der Waals surface area contributed by atoms with Gasteiger partial charge >= 0.3 is 6.18 Å². The van der Waals surface area contributed by atoms with E-state index in [4.69, 9.17) is 5.73 Å². The molecule has 1 heterocycles. The van der Waals surface area contributed by atoms with Gasteiger partial charge in [0.2, 0.25) is 0 Å². The molecule has 3 nitrogen and oxygen atoms in total. The zero-order valence-electron chi connectivity index (χ0n) is 8.97. The van der Waals surface area contributed by atoms with E-state index in [0.717, 1.165) is 12.5 Å². The minimum Gasteiger partial charge on any atom is -0.364 e. The topological polar surface area (TPSA) is 56.0 Å². The third-order valence-electron chi connectivity index (χ3n) is 2.86. The maximum Gasteiger partial charge on any atom is 0.416 e. The Balaban J connectivity index is 2.62. The monoisotopic (exact) mass is 244 g/mol. The number of primary amides is 1. The molecule has 0 fully saturated rings. The van der Waals surface area contributed by atoms with Gasteiger partial charge in [-0.3, -0.25) is 4.79 Å². The molecule has 0 saturated carbocycles. The first kappa shape index (κ1) is 11.9. The van der Waals surface area contributed by atoms with E-state index >= 15 is 0 Å². The second-order valence-corrected chi connectivity index (χ2v) is 4.05. The number of aromatic nitrogens is 1. The van der Waals surface area contributed by atoms with Crippen LogP contribution < -0.4 is 5.73 Å². The molecule has 1 aromatic heterocycles. The van der Waals surface area contributed by atoms with Crippen molar-refractivity contribution in [3.8, 4) is 0 Å². The summed E-state index contributed by atoms with van der Waals surface area (Å²) in [5.41, 5.74) is 4.49. The standard InChI is InChI=1S/C11H11F3N2O/c12-11(13,14)7-5-9(10(15)17)16-8-4-2-1-3-6(7)8/h5H,1-4H2,(H2,15,17). The van der Waals surface area contributed by atoms with E-state index in [1.807, 2.05) is 0 Å². The lowest BCUT2D eigenvalue weighted by Crippen LogP contribution is -2.21. The largest absolute Gasteiger partial charge is 0.416 e. The maximum atomic E-state index is 12.8. The lowest BCUT2D eigenvalue weighted by Gasteiger charge is -2.20. The van der Waals surface area contributed by atoms with Crippen LogP contribution in [0.4, 0.5) is 13.2 Å². The molecule has 0 radical (unpaired) electrons. The number of carbonyl (C=O) groups excluding carboxylic acids is 1. The highest BCUT2D eigenvalue weighted by Crippen LogP contribution is 2.36. The van der Waals surface area contributed by atoms with Crippen LogP contribution >= 0.6 is 0 Å². The fourth-order valence-corrected chi connectivity index (χ4v) is 2.08. The smallest absolute Gasteiger partial charge is 0.364 e. The van der Waals surface area contributed by atoms with Crippen molar-refractivity contribution in [2.45, 2.75) is 31.9 Å². The first-order valence-corrected chi connectivity index (χ1v) is 5.29. The summed E-state index contributed by atoms with van der Waals surface area (Å²) in [4.78, 5) is 14.9. The Kier molecular flexibility index (Phi) is 2.81. The van der Waals surface area contributed by atoms with Crippen molar-refractivity contribution in [2.75, 3.05) is 0 Å². The van der Waals surface area contributed by atoms with Gasteiger partial charge in [0, 0.05) is 5.69 Å². The lowest BCUT2D eigenvalue weighted by molar-refractivity contribution is -0.138. The zero-order valence-corrected chi connectivity index (χ0v) is 8.97. The highest BCUT2D eigenvalue weighted by Gasteiger charge is 2.36. The minimum atomic E-state index is -4.46. The van der Waals surface area contributed by atoms with Gasteiger partial charge in [-0.05, 0) is 37.3 Å². The van der Waals surface area contributed by atoms with Gasteiger partial charge in [-0.1, -0.05) is 0 Å². The molecule has 0 aliphatic heterocycles. The summed E-state index contributed by atoms with van der Waals surface area (Å²) >= 11 is 0. The van der Waals surface area contributed by atoms with Crippen molar-refractivity contribution >= 4 is 5.91 Å². The Labute approximate surface area is 95.8 Å². The molecular formula is C11H11F3N2O. The first-order chi connectivity index (χ1) is 7.89. The van der Waals surface area contributed by atoms with Crippen molar-refractivity contribution in [3.05, 3.63) is 28.6 Å². The van der Waals surface area contributed by atoms with E-state index in [-0.39, 0.29) is 11.3 Å². The van der Waals surface area contributed by atoms with Gasteiger partial charge in [-0.25, -0.2) is 4.98 Å². The highest BCUT2D eigenvalue weighted by atomic mass is 19.4. The Hall–Kier alpha value is -1.59. The summed E-state index contributed by atoms with van der Waals surface area (Å²) in [6.45, 7) is 0. The molecule has 92 valence electrons. The van der Waals surface area contributed by atoms with E-state index in [1.165, 1.54) is 0 Å². The molecule has 1 aliphatic rings. The number of fused-ring (bicyclic) bond motifs is 1. The van der Waals surface area contributed by atoms with Gasteiger partial charge < -0.3 is 5.73 Å². The second-order valence-electron chi connectivity index (χ2n) is 4.05. The third kappa shape index (κ3) is 2.25. The van der Waals surface area contributed by atoms with Gasteiger partial charge in [-0.2, -0.15) is 13.2 Å². The van der Waals surface area contributed by atoms with Crippen molar-refractivity contribution < 1.29 is 18.0 Å². The number of rotatable bonds is 1. The summed E-state index contributed by atoms with van der Waals surface area (Å²) in [5.74, 6) is -0.927. The van der Waals surface area contributed by atoms with E-state index < -0.39 is 17.6 Å². The molecule has 17 heavy (non-hydrogen) atoms. The highest BCUT2D eigenvalue weighted by molar-refractivity contribution is 5.91.